The molecular formula is C27H28N4O6. The standard InChI is InChI=1S/C27H28N4O6/c1-17-7-5-10-22(18(17)2)30-25(32)16-37-23-12-11-19(13-24(23)36-4)15-28-31-27(34)26(33)29-20-8-6-9-21(14-20)35-3/h5-15H,16H2,1-4H3,(H,29,33)(H,30,32)(H,31,34)/b28-15-. The minimum atomic E-state index is -0.944. The van der Waals surface area contributed by atoms with Crippen LogP contribution in [-0.2, 0) is 14.4 Å². The maximum atomic E-state index is 12.3. The maximum Gasteiger partial charge on any atom is 0.329 e. The summed E-state index contributed by atoms with van der Waals surface area (Å²) in [5.41, 5.74) is 5.93. The van der Waals surface area contributed by atoms with E-state index in [0.717, 1.165) is 16.8 Å². The molecule has 0 saturated carbocycles. The molecule has 37 heavy (non-hydrogen) atoms. The Labute approximate surface area is 214 Å². The molecule has 0 aliphatic carbocycles. The maximum absolute atomic E-state index is 12.3. The lowest BCUT2D eigenvalue weighted by molar-refractivity contribution is -0.136. The van der Waals surface area contributed by atoms with Gasteiger partial charge in [0.2, 0.25) is 0 Å². The number of ether oxygens (including phenoxy) is 3. The number of carbonyl (C=O) groups excluding carboxylic acids is 3. The fourth-order valence-corrected chi connectivity index (χ4v) is 3.20. The monoisotopic (exact) mass is 504 g/mol. The summed E-state index contributed by atoms with van der Waals surface area (Å²) < 4.78 is 16.0. The van der Waals surface area contributed by atoms with Gasteiger partial charge in [-0.2, -0.15) is 5.10 Å². The molecule has 0 aromatic heterocycles. The van der Waals surface area contributed by atoms with Gasteiger partial charge in [0.15, 0.2) is 18.1 Å². The number of nitrogens with zero attached hydrogens (tertiary/aromatic N) is 1. The lowest BCUT2D eigenvalue weighted by Gasteiger charge is -2.13. The topological polar surface area (TPSA) is 127 Å². The second kappa shape index (κ2) is 12.7. The van der Waals surface area contributed by atoms with Crippen molar-refractivity contribution in [2.45, 2.75) is 13.8 Å². The van der Waals surface area contributed by atoms with Crippen LogP contribution in [0.4, 0.5) is 11.4 Å². The van der Waals surface area contributed by atoms with E-state index in [2.05, 4.69) is 21.2 Å². The Balaban J connectivity index is 1.54. The molecular weight excluding hydrogens is 476 g/mol. The molecule has 3 aromatic rings. The summed E-state index contributed by atoms with van der Waals surface area (Å²) in [6.07, 6.45) is 1.34. The van der Waals surface area contributed by atoms with Crippen molar-refractivity contribution >= 4 is 35.3 Å². The van der Waals surface area contributed by atoms with Crippen LogP contribution in [0.3, 0.4) is 0 Å². The number of anilines is 2. The van der Waals surface area contributed by atoms with Gasteiger partial charge in [-0.25, -0.2) is 5.43 Å². The molecule has 0 atom stereocenters. The summed E-state index contributed by atoms with van der Waals surface area (Å²) in [4.78, 5) is 36.5. The Morgan fingerprint density at radius 3 is 2.41 bits per heavy atom. The lowest BCUT2D eigenvalue weighted by atomic mass is 10.1. The van der Waals surface area contributed by atoms with E-state index in [9.17, 15) is 14.4 Å². The highest BCUT2D eigenvalue weighted by Gasteiger charge is 2.14. The van der Waals surface area contributed by atoms with E-state index in [0.29, 0.717) is 28.5 Å². The molecule has 3 aromatic carbocycles. The van der Waals surface area contributed by atoms with Crippen LogP contribution < -0.4 is 30.3 Å². The average molecular weight is 505 g/mol. The average Bonchev–Trinajstić information content (AvgIpc) is 2.90. The second-order valence-electron chi connectivity index (χ2n) is 7.88. The van der Waals surface area contributed by atoms with E-state index >= 15 is 0 Å². The van der Waals surface area contributed by atoms with Crippen LogP contribution >= 0.6 is 0 Å². The highest BCUT2D eigenvalue weighted by atomic mass is 16.5. The number of hydrogen-bond acceptors (Lipinski definition) is 7. The van der Waals surface area contributed by atoms with Crippen molar-refractivity contribution in [2.24, 2.45) is 5.10 Å². The molecule has 0 spiro atoms. The van der Waals surface area contributed by atoms with Crippen molar-refractivity contribution in [3.8, 4) is 17.2 Å². The molecule has 0 saturated heterocycles. The van der Waals surface area contributed by atoms with Gasteiger partial charge in [-0.15, -0.1) is 0 Å². The van der Waals surface area contributed by atoms with Crippen molar-refractivity contribution in [2.75, 3.05) is 31.5 Å². The first-order valence-electron chi connectivity index (χ1n) is 11.3. The predicted octanol–water partition coefficient (Wildman–Crippen LogP) is 3.43. The van der Waals surface area contributed by atoms with Crippen LogP contribution in [0.25, 0.3) is 0 Å². The Hall–Kier alpha value is -4.86. The first kappa shape index (κ1) is 26.7. The summed E-state index contributed by atoms with van der Waals surface area (Å²) in [7, 11) is 2.96. The SMILES string of the molecule is COc1cccc(NC(=O)C(=O)N/N=C\c2ccc(OCC(=O)Nc3cccc(C)c3C)c(OC)c2)c1. The van der Waals surface area contributed by atoms with Crippen LogP contribution in [0.5, 0.6) is 17.2 Å². The number of aryl methyl sites for hydroxylation is 1. The van der Waals surface area contributed by atoms with E-state index in [-0.39, 0.29) is 12.5 Å². The van der Waals surface area contributed by atoms with Crippen LogP contribution in [-0.4, -0.2) is 44.8 Å². The van der Waals surface area contributed by atoms with Crippen molar-refractivity contribution in [3.63, 3.8) is 0 Å². The first-order valence-corrected chi connectivity index (χ1v) is 11.3. The quantitative estimate of drug-likeness (QED) is 0.233. The van der Waals surface area contributed by atoms with Crippen LogP contribution in [0.2, 0.25) is 0 Å². The minimum absolute atomic E-state index is 0.213. The molecule has 0 fully saturated rings. The number of hydrogen-bond donors (Lipinski definition) is 3. The van der Waals surface area contributed by atoms with Crippen molar-refractivity contribution < 1.29 is 28.6 Å². The van der Waals surface area contributed by atoms with Crippen LogP contribution in [0.1, 0.15) is 16.7 Å². The number of methoxy groups -OCH3 is 2. The number of carbonyl (C=O) groups is 3. The molecule has 10 nitrogen and oxygen atoms in total. The Bertz CT molecular complexity index is 1320. The van der Waals surface area contributed by atoms with Crippen LogP contribution in [0, 0.1) is 13.8 Å². The summed E-state index contributed by atoms with van der Waals surface area (Å²) in [5.74, 6) is -0.870. The molecule has 3 N–H and O–H groups in total. The Morgan fingerprint density at radius 1 is 0.865 bits per heavy atom. The summed E-state index contributed by atoms with van der Waals surface area (Å²) in [6, 6.07) is 17.2. The highest BCUT2D eigenvalue weighted by molar-refractivity contribution is 6.39. The fraction of sp³-hybridized carbons (Fsp3) is 0.185. The van der Waals surface area contributed by atoms with Crippen molar-refractivity contribution in [1.29, 1.82) is 0 Å². The van der Waals surface area contributed by atoms with Gasteiger partial charge in [0.1, 0.15) is 5.75 Å². The molecule has 0 heterocycles. The Kier molecular flexibility index (Phi) is 9.20. The number of rotatable bonds is 9. The Morgan fingerprint density at radius 2 is 1.65 bits per heavy atom. The van der Waals surface area contributed by atoms with Gasteiger partial charge in [-0.1, -0.05) is 18.2 Å². The summed E-state index contributed by atoms with van der Waals surface area (Å²) in [5, 5.41) is 9.10. The zero-order valence-electron chi connectivity index (χ0n) is 21.0. The van der Waals surface area contributed by atoms with E-state index < -0.39 is 11.8 Å². The number of amides is 3. The third-order valence-corrected chi connectivity index (χ3v) is 5.34. The van der Waals surface area contributed by atoms with E-state index in [1.54, 1.807) is 42.5 Å². The fourth-order valence-electron chi connectivity index (χ4n) is 3.20. The molecule has 192 valence electrons. The van der Waals surface area contributed by atoms with Gasteiger partial charge >= 0.3 is 11.8 Å². The molecule has 0 aliphatic rings. The predicted molar refractivity (Wildman–Crippen MR) is 140 cm³/mol. The molecule has 3 amide bonds. The minimum Gasteiger partial charge on any atom is -0.497 e. The zero-order valence-corrected chi connectivity index (χ0v) is 21.0. The number of benzene rings is 3. The van der Waals surface area contributed by atoms with E-state index in [4.69, 9.17) is 14.2 Å². The van der Waals surface area contributed by atoms with Gasteiger partial charge in [-0.05, 0) is 66.9 Å². The van der Waals surface area contributed by atoms with E-state index in [1.165, 1.54) is 20.4 Å². The van der Waals surface area contributed by atoms with Crippen LogP contribution in [0.15, 0.2) is 65.8 Å². The highest BCUT2D eigenvalue weighted by Crippen LogP contribution is 2.27. The smallest absolute Gasteiger partial charge is 0.329 e. The lowest BCUT2D eigenvalue weighted by Crippen LogP contribution is -2.32. The first-order chi connectivity index (χ1) is 17.8. The molecule has 0 unspecified atom stereocenters. The summed E-state index contributed by atoms with van der Waals surface area (Å²) in [6.45, 7) is 3.69. The third-order valence-electron chi connectivity index (χ3n) is 5.34. The molecule has 0 radical (unpaired) electrons. The van der Waals surface area contributed by atoms with Gasteiger partial charge in [0, 0.05) is 17.4 Å². The van der Waals surface area contributed by atoms with Crippen molar-refractivity contribution in [3.05, 3.63) is 77.4 Å². The molecule has 3 rings (SSSR count). The van der Waals surface area contributed by atoms with Gasteiger partial charge in [0.25, 0.3) is 5.91 Å². The zero-order chi connectivity index (χ0) is 26.8. The number of nitrogens with one attached hydrogen (secondary N) is 3. The second-order valence-corrected chi connectivity index (χ2v) is 7.88. The molecule has 0 aliphatic heterocycles. The van der Waals surface area contributed by atoms with E-state index in [1.807, 2.05) is 32.0 Å². The van der Waals surface area contributed by atoms with Gasteiger partial charge in [0.05, 0.1) is 20.4 Å². The van der Waals surface area contributed by atoms with Gasteiger partial charge < -0.3 is 24.8 Å². The number of hydrazone groups is 1. The summed E-state index contributed by atoms with van der Waals surface area (Å²) >= 11 is 0. The van der Waals surface area contributed by atoms with Gasteiger partial charge in [-0.3, -0.25) is 14.4 Å². The van der Waals surface area contributed by atoms with Crippen molar-refractivity contribution in [1.82, 2.24) is 5.43 Å². The molecule has 0 bridgehead atoms. The largest absolute Gasteiger partial charge is 0.497 e. The normalized spacial score (nSPS) is 10.5. The molecule has 10 heteroatoms. The third kappa shape index (κ3) is 7.56.